The van der Waals surface area contributed by atoms with Crippen molar-refractivity contribution >= 4 is 33.2 Å². The smallest absolute Gasteiger partial charge is 0.306 e. The van der Waals surface area contributed by atoms with Gasteiger partial charge in [0.25, 0.3) is 5.56 Å². The van der Waals surface area contributed by atoms with E-state index in [9.17, 15) is 9.59 Å². The summed E-state index contributed by atoms with van der Waals surface area (Å²) in [4.78, 5) is 26.8. The van der Waals surface area contributed by atoms with E-state index in [0.717, 1.165) is 5.56 Å². The molecule has 6 heteroatoms. The molecule has 1 N–H and O–H groups in total. The van der Waals surface area contributed by atoms with Crippen molar-refractivity contribution in [2.24, 2.45) is 0 Å². The zero-order valence-corrected chi connectivity index (χ0v) is 11.3. The molecule has 2 heterocycles. The number of fused-ring (bicyclic) bond motifs is 1. The zero-order valence-electron chi connectivity index (χ0n) is 9.72. The highest BCUT2D eigenvalue weighted by Crippen LogP contribution is 2.13. The highest BCUT2D eigenvalue weighted by atomic mass is 35.5. The first-order valence-electron chi connectivity index (χ1n) is 5.60. The minimum absolute atomic E-state index is 0.235. The van der Waals surface area contributed by atoms with Crippen LogP contribution >= 0.6 is 22.9 Å². The first-order chi connectivity index (χ1) is 9.15. The number of nitrogens with zero attached hydrogens (tertiary/aromatic N) is 1. The summed E-state index contributed by atoms with van der Waals surface area (Å²) in [5.74, 6) is 0. The molecule has 0 saturated carbocycles. The van der Waals surface area contributed by atoms with Gasteiger partial charge in [-0.1, -0.05) is 23.7 Å². The van der Waals surface area contributed by atoms with Gasteiger partial charge in [0.05, 0.1) is 12.1 Å². The molecule has 0 atom stereocenters. The van der Waals surface area contributed by atoms with Crippen LogP contribution in [0.25, 0.3) is 10.2 Å². The molecule has 1 aromatic carbocycles. The number of nitrogens with one attached hydrogen (secondary N) is 1. The van der Waals surface area contributed by atoms with Crippen molar-refractivity contribution in [3.8, 4) is 0 Å². The molecule has 4 nitrogen and oxygen atoms in total. The fraction of sp³-hybridized carbons (Fsp3) is 0.0769. The lowest BCUT2D eigenvalue weighted by Gasteiger charge is -2.05. The number of hydrogen-bond acceptors (Lipinski definition) is 3. The number of thiophene rings is 1. The summed E-state index contributed by atoms with van der Waals surface area (Å²) in [7, 11) is 0. The summed E-state index contributed by atoms with van der Waals surface area (Å²) >= 11 is 7.13. The van der Waals surface area contributed by atoms with Crippen LogP contribution in [0.15, 0.2) is 45.3 Å². The minimum Gasteiger partial charge on any atom is -0.306 e. The SMILES string of the molecule is O=c1[nH]c2ccsc2c(=O)n1Cc1ccc(Cl)cc1. The molecule has 0 bridgehead atoms. The van der Waals surface area contributed by atoms with Gasteiger partial charge in [0.2, 0.25) is 0 Å². The number of rotatable bonds is 2. The van der Waals surface area contributed by atoms with Crippen LogP contribution in [0.2, 0.25) is 5.02 Å². The van der Waals surface area contributed by atoms with E-state index in [1.54, 1.807) is 35.7 Å². The summed E-state index contributed by atoms with van der Waals surface area (Å²) in [6, 6.07) is 8.80. The molecule has 0 fully saturated rings. The van der Waals surface area contributed by atoms with Crippen molar-refractivity contribution in [3.63, 3.8) is 0 Å². The number of aromatic nitrogens is 2. The Labute approximate surface area is 116 Å². The summed E-state index contributed by atoms with van der Waals surface area (Å²) in [6.45, 7) is 0.235. The molecule has 0 radical (unpaired) electrons. The maximum Gasteiger partial charge on any atom is 0.329 e. The molecule has 0 unspecified atom stereocenters. The van der Waals surface area contributed by atoms with Gasteiger partial charge in [-0.05, 0) is 29.1 Å². The molecule has 0 amide bonds. The third-order valence-corrected chi connectivity index (χ3v) is 4.00. The number of H-pyrrole nitrogens is 1. The largest absolute Gasteiger partial charge is 0.329 e. The molecular formula is C13H9ClN2O2S. The normalized spacial score (nSPS) is 11.0. The number of benzene rings is 1. The van der Waals surface area contributed by atoms with E-state index >= 15 is 0 Å². The van der Waals surface area contributed by atoms with Crippen LogP contribution in [0.4, 0.5) is 0 Å². The summed E-state index contributed by atoms with van der Waals surface area (Å²) in [6.07, 6.45) is 0. The van der Waals surface area contributed by atoms with Gasteiger partial charge in [0.15, 0.2) is 0 Å². The molecular weight excluding hydrogens is 284 g/mol. The van der Waals surface area contributed by atoms with Gasteiger partial charge in [-0.15, -0.1) is 11.3 Å². The Hall–Kier alpha value is -1.85. The Morgan fingerprint density at radius 1 is 1.16 bits per heavy atom. The first kappa shape index (κ1) is 12.2. The van der Waals surface area contributed by atoms with Gasteiger partial charge in [0, 0.05) is 5.02 Å². The van der Waals surface area contributed by atoms with E-state index < -0.39 is 5.69 Å². The molecule has 3 rings (SSSR count). The topological polar surface area (TPSA) is 54.9 Å². The zero-order chi connectivity index (χ0) is 13.4. The fourth-order valence-electron chi connectivity index (χ4n) is 1.89. The van der Waals surface area contributed by atoms with E-state index in [0.29, 0.717) is 15.2 Å². The van der Waals surface area contributed by atoms with Gasteiger partial charge in [-0.3, -0.25) is 9.36 Å². The first-order valence-corrected chi connectivity index (χ1v) is 6.86. The van der Waals surface area contributed by atoms with E-state index in [2.05, 4.69) is 4.98 Å². The average Bonchev–Trinajstić information content (AvgIpc) is 2.85. The van der Waals surface area contributed by atoms with Crippen LogP contribution in [0.1, 0.15) is 5.56 Å². The maximum atomic E-state index is 12.2. The highest BCUT2D eigenvalue weighted by Gasteiger charge is 2.08. The molecule has 0 aliphatic carbocycles. The summed E-state index contributed by atoms with van der Waals surface area (Å²) < 4.78 is 1.76. The van der Waals surface area contributed by atoms with Gasteiger partial charge in [0.1, 0.15) is 4.70 Å². The lowest BCUT2D eigenvalue weighted by atomic mass is 10.2. The van der Waals surface area contributed by atoms with Crippen molar-refractivity contribution in [2.45, 2.75) is 6.54 Å². The Bertz CT molecular complexity index is 845. The van der Waals surface area contributed by atoms with Gasteiger partial charge in [-0.25, -0.2) is 4.79 Å². The molecule has 0 saturated heterocycles. The number of halogens is 1. The third kappa shape index (κ3) is 2.22. The second-order valence-corrected chi connectivity index (χ2v) is 5.46. The van der Waals surface area contributed by atoms with Crippen LogP contribution in [0, 0.1) is 0 Å². The fourth-order valence-corrected chi connectivity index (χ4v) is 2.81. The molecule has 2 aromatic heterocycles. The van der Waals surface area contributed by atoms with Crippen molar-refractivity contribution in [1.82, 2.24) is 9.55 Å². The van der Waals surface area contributed by atoms with Crippen LogP contribution < -0.4 is 11.2 Å². The Kier molecular flexibility index (Phi) is 3.00. The quantitative estimate of drug-likeness (QED) is 0.789. The van der Waals surface area contributed by atoms with Crippen LogP contribution in [0.3, 0.4) is 0 Å². The van der Waals surface area contributed by atoms with E-state index in [4.69, 9.17) is 11.6 Å². The highest BCUT2D eigenvalue weighted by molar-refractivity contribution is 7.17. The predicted molar refractivity (Wildman–Crippen MR) is 77.3 cm³/mol. The van der Waals surface area contributed by atoms with E-state index in [1.165, 1.54) is 15.9 Å². The second kappa shape index (κ2) is 4.68. The molecule has 0 aliphatic rings. The van der Waals surface area contributed by atoms with Gasteiger partial charge < -0.3 is 4.98 Å². The maximum absolute atomic E-state index is 12.2. The standard InChI is InChI=1S/C13H9ClN2O2S/c14-9-3-1-8(2-4-9)7-16-12(17)11-10(5-6-19-11)15-13(16)18/h1-6H,7H2,(H,15,18). The number of aromatic amines is 1. The van der Waals surface area contributed by atoms with Gasteiger partial charge >= 0.3 is 5.69 Å². The Balaban J connectivity index is 2.12. The Morgan fingerprint density at radius 2 is 1.89 bits per heavy atom. The molecule has 96 valence electrons. The average molecular weight is 293 g/mol. The van der Waals surface area contributed by atoms with Crippen molar-refractivity contribution < 1.29 is 0 Å². The molecule has 19 heavy (non-hydrogen) atoms. The van der Waals surface area contributed by atoms with Crippen molar-refractivity contribution in [3.05, 3.63) is 67.1 Å². The lowest BCUT2D eigenvalue weighted by Crippen LogP contribution is -2.34. The molecule has 0 spiro atoms. The van der Waals surface area contributed by atoms with Crippen LogP contribution in [0.5, 0.6) is 0 Å². The monoisotopic (exact) mass is 292 g/mol. The van der Waals surface area contributed by atoms with E-state index in [1.807, 2.05) is 0 Å². The molecule has 0 aliphatic heterocycles. The van der Waals surface area contributed by atoms with Gasteiger partial charge in [-0.2, -0.15) is 0 Å². The second-order valence-electron chi connectivity index (χ2n) is 4.11. The lowest BCUT2D eigenvalue weighted by molar-refractivity contribution is 0.713. The minimum atomic E-state index is -0.397. The molecule has 3 aromatic rings. The predicted octanol–water partition coefficient (Wildman–Crippen LogP) is 2.45. The Morgan fingerprint density at radius 3 is 2.63 bits per heavy atom. The summed E-state index contributed by atoms with van der Waals surface area (Å²) in [5.41, 5.74) is 0.787. The van der Waals surface area contributed by atoms with Crippen molar-refractivity contribution in [1.29, 1.82) is 0 Å². The summed E-state index contributed by atoms with van der Waals surface area (Å²) in [5, 5.41) is 2.41. The van der Waals surface area contributed by atoms with Crippen molar-refractivity contribution in [2.75, 3.05) is 0 Å². The number of hydrogen-bond donors (Lipinski definition) is 1. The van der Waals surface area contributed by atoms with E-state index in [-0.39, 0.29) is 12.1 Å². The third-order valence-electron chi connectivity index (χ3n) is 2.85. The van der Waals surface area contributed by atoms with Crippen LogP contribution in [-0.4, -0.2) is 9.55 Å². The van der Waals surface area contributed by atoms with Crippen LogP contribution in [-0.2, 0) is 6.54 Å².